The van der Waals surface area contributed by atoms with Crippen LogP contribution in [0.2, 0.25) is 0 Å². The van der Waals surface area contributed by atoms with Crippen LogP contribution in [0.15, 0.2) is 27.4 Å². The Bertz CT molecular complexity index is 662. The summed E-state index contributed by atoms with van der Waals surface area (Å²) in [7, 11) is 2.02. The fourth-order valence-corrected chi connectivity index (χ4v) is 3.86. The minimum Gasteiger partial charge on any atom is -0.408 e. The third kappa shape index (κ3) is 1.82. The zero-order valence-electron chi connectivity index (χ0n) is 11.0. The second kappa shape index (κ2) is 3.97. The van der Waals surface area contributed by atoms with Gasteiger partial charge in [-0.25, -0.2) is 4.79 Å². The lowest BCUT2D eigenvalue weighted by molar-refractivity contribution is 0.359. The Balaban J connectivity index is 1.68. The molecule has 0 bridgehead atoms. The first kappa shape index (κ1) is 11.3. The van der Waals surface area contributed by atoms with Crippen molar-refractivity contribution in [3.63, 3.8) is 0 Å². The van der Waals surface area contributed by atoms with E-state index in [1.54, 1.807) is 0 Å². The third-order valence-electron chi connectivity index (χ3n) is 4.87. The van der Waals surface area contributed by atoms with Gasteiger partial charge in [-0.2, -0.15) is 0 Å². The molecule has 2 N–H and O–H groups in total. The molecule has 2 aliphatic carbocycles. The highest BCUT2D eigenvalue weighted by atomic mass is 16.4. The molecule has 19 heavy (non-hydrogen) atoms. The van der Waals surface area contributed by atoms with Gasteiger partial charge in [-0.15, -0.1) is 0 Å². The standard InChI is InChI=1S/C15H18N2O2/c1-16-14(11-5-9-4-10(9)6-11)8-2-3-12-13(7-8)19-15(18)17-12/h2-3,7,9-11,14,16H,4-6H2,1H3,(H,17,18). The average molecular weight is 258 g/mol. The fraction of sp³-hybridized carbons (Fsp3) is 0.533. The molecule has 2 fully saturated rings. The number of nitrogens with one attached hydrogen (secondary N) is 2. The van der Waals surface area contributed by atoms with E-state index in [4.69, 9.17) is 4.42 Å². The molecule has 3 atom stereocenters. The number of oxazole rings is 1. The van der Waals surface area contributed by atoms with Crippen LogP contribution < -0.4 is 11.1 Å². The number of aromatic nitrogens is 1. The molecule has 2 aromatic rings. The van der Waals surface area contributed by atoms with Crippen molar-refractivity contribution in [3.05, 3.63) is 34.3 Å². The van der Waals surface area contributed by atoms with E-state index in [0.717, 1.165) is 23.3 Å². The summed E-state index contributed by atoms with van der Waals surface area (Å²) in [5, 5.41) is 3.44. The lowest BCUT2D eigenvalue weighted by Gasteiger charge is -2.24. The number of aromatic amines is 1. The van der Waals surface area contributed by atoms with Gasteiger partial charge in [0.25, 0.3) is 0 Å². The maximum Gasteiger partial charge on any atom is 0.417 e. The van der Waals surface area contributed by atoms with Gasteiger partial charge < -0.3 is 9.73 Å². The van der Waals surface area contributed by atoms with E-state index >= 15 is 0 Å². The van der Waals surface area contributed by atoms with Crippen LogP contribution >= 0.6 is 0 Å². The molecule has 2 aliphatic rings. The van der Waals surface area contributed by atoms with Crippen molar-refractivity contribution in [2.24, 2.45) is 17.8 Å². The quantitative estimate of drug-likeness (QED) is 0.889. The summed E-state index contributed by atoms with van der Waals surface area (Å²) in [6.07, 6.45) is 4.12. The predicted molar refractivity (Wildman–Crippen MR) is 73.0 cm³/mol. The second-order valence-corrected chi connectivity index (χ2v) is 6.02. The van der Waals surface area contributed by atoms with Crippen molar-refractivity contribution in [2.75, 3.05) is 7.05 Å². The second-order valence-electron chi connectivity index (χ2n) is 6.02. The van der Waals surface area contributed by atoms with E-state index in [2.05, 4.69) is 16.4 Å². The monoisotopic (exact) mass is 258 g/mol. The summed E-state index contributed by atoms with van der Waals surface area (Å²) >= 11 is 0. The van der Waals surface area contributed by atoms with Crippen LogP contribution in [0, 0.1) is 17.8 Å². The molecule has 100 valence electrons. The van der Waals surface area contributed by atoms with E-state index in [1.165, 1.54) is 24.8 Å². The SMILES string of the molecule is CNC(c1ccc2[nH]c(=O)oc2c1)C1CC2CC2C1. The van der Waals surface area contributed by atoms with Gasteiger partial charge in [0.1, 0.15) is 0 Å². The normalized spacial score (nSPS) is 30.5. The van der Waals surface area contributed by atoms with Gasteiger partial charge in [0.2, 0.25) is 0 Å². The Hall–Kier alpha value is -1.55. The van der Waals surface area contributed by atoms with Gasteiger partial charge in [0.15, 0.2) is 5.58 Å². The van der Waals surface area contributed by atoms with Crippen LogP contribution in [-0.2, 0) is 0 Å². The van der Waals surface area contributed by atoms with Gasteiger partial charge in [0.05, 0.1) is 5.52 Å². The maximum absolute atomic E-state index is 11.2. The Morgan fingerprint density at radius 1 is 1.32 bits per heavy atom. The Morgan fingerprint density at radius 2 is 2.11 bits per heavy atom. The summed E-state index contributed by atoms with van der Waals surface area (Å²) in [6, 6.07) is 6.41. The average Bonchev–Trinajstić information content (AvgIpc) is 2.83. The van der Waals surface area contributed by atoms with E-state index in [1.807, 2.05) is 19.2 Å². The topological polar surface area (TPSA) is 58.0 Å². The number of fused-ring (bicyclic) bond motifs is 2. The van der Waals surface area contributed by atoms with E-state index < -0.39 is 0 Å². The molecule has 0 radical (unpaired) electrons. The minimum atomic E-state index is -0.379. The van der Waals surface area contributed by atoms with E-state index in [9.17, 15) is 4.79 Å². The smallest absolute Gasteiger partial charge is 0.408 e. The number of H-pyrrole nitrogens is 1. The molecule has 0 saturated heterocycles. The largest absolute Gasteiger partial charge is 0.417 e. The molecular weight excluding hydrogens is 240 g/mol. The van der Waals surface area contributed by atoms with Gasteiger partial charge in [-0.1, -0.05) is 6.07 Å². The maximum atomic E-state index is 11.2. The van der Waals surface area contributed by atoms with Crippen LogP contribution in [0.1, 0.15) is 30.9 Å². The molecule has 4 nitrogen and oxygen atoms in total. The van der Waals surface area contributed by atoms with Crippen LogP contribution in [0.25, 0.3) is 11.1 Å². The van der Waals surface area contributed by atoms with Crippen molar-refractivity contribution < 1.29 is 4.42 Å². The first-order valence-electron chi connectivity index (χ1n) is 7.04. The third-order valence-corrected chi connectivity index (χ3v) is 4.87. The molecule has 0 aliphatic heterocycles. The van der Waals surface area contributed by atoms with Gasteiger partial charge in [-0.3, -0.25) is 4.98 Å². The van der Waals surface area contributed by atoms with Gasteiger partial charge in [-0.05, 0) is 61.8 Å². The number of hydrogen-bond donors (Lipinski definition) is 2. The lowest BCUT2D eigenvalue weighted by atomic mass is 9.89. The summed E-state index contributed by atoms with van der Waals surface area (Å²) in [4.78, 5) is 13.9. The number of rotatable bonds is 3. The summed E-state index contributed by atoms with van der Waals surface area (Å²) in [5.74, 6) is 2.30. The molecule has 4 heteroatoms. The highest BCUT2D eigenvalue weighted by Gasteiger charge is 2.47. The highest BCUT2D eigenvalue weighted by Crippen LogP contribution is 2.57. The van der Waals surface area contributed by atoms with E-state index in [-0.39, 0.29) is 5.76 Å². The molecule has 2 saturated carbocycles. The number of hydrogen-bond acceptors (Lipinski definition) is 3. The molecule has 1 aromatic heterocycles. The van der Waals surface area contributed by atoms with Crippen LogP contribution in [0.3, 0.4) is 0 Å². The molecule has 0 spiro atoms. The van der Waals surface area contributed by atoms with Crippen molar-refractivity contribution >= 4 is 11.1 Å². The zero-order chi connectivity index (χ0) is 13.0. The molecule has 0 amide bonds. The summed E-state index contributed by atoms with van der Waals surface area (Å²) in [6.45, 7) is 0. The van der Waals surface area contributed by atoms with Gasteiger partial charge >= 0.3 is 5.76 Å². The van der Waals surface area contributed by atoms with Crippen molar-refractivity contribution in [3.8, 4) is 0 Å². The number of benzene rings is 1. The van der Waals surface area contributed by atoms with Crippen molar-refractivity contribution in [2.45, 2.75) is 25.3 Å². The molecule has 4 rings (SSSR count). The molecular formula is C15H18N2O2. The van der Waals surface area contributed by atoms with Crippen molar-refractivity contribution in [1.29, 1.82) is 0 Å². The predicted octanol–water partition coefficient (Wildman–Crippen LogP) is 2.43. The molecule has 1 aromatic carbocycles. The van der Waals surface area contributed by atoms with E-state index in [0.29, 0.717) is 11.6 Å². The Labute approximate surface area is 111 Å². The minimum absolute atomic E-state index is 0.373. The molecule has 1 heterocycles. The Kier molecular flexibility index (Phi) is 2.36. The lowest BCUT2D eigenvalue weighted by Crippen LogP contribution is -2.24. The fourth-order valence-electron chi connectivity index (χ4n) is 3.86. The summed E-state index contributed by atoms with van der Waals surface area (Å²) < 4.78 is 5.16. The van der Waals surface area contributed by atoms with Crippen LogP contribution in [0.4, 0.5) is 0 Å². The van der Waals surface area contributed by atoms with Crippen LogP contribution in [0.5, 0.6) is 0 Å². The highest BCUT2D eigenvalue weighted by molar-refractivity contribution is 5.72. The molecule has 3 unspecified atom stereocenters. The first-order chi connectivity index (χ1) is 9.24. The zero-order valence-corrected chi connectivity index (χ0v) is 11.0. The van der Waals surface area contributed by atoms with Crippen molar-refractivity contribution in [1.82, 2.24) is 10.3 Å². The van der Waals surface area contributed by atoms with Gasteiger partial charge in [0, 0.05) is 6.04 Å². The Morgan fingerprint density at radius 3 is 2.84 bits per heavy atom. The summed E-state index contributed by atoms with van der Waals surface area (Å²) in [5.41, 5.74) is 2.66. The van der Waals surface area contributed by atoms with Crippen LogP contribution in [-0.4, -0.2) is 12.0 Å². The first-order valence-corrected chi connectivity index (χ1v) is 7.04.